The van der Waals surface area contributed by atoms with Crippen LogP contribution < -0.4 is 0 Å². The molecule has 3 aromatic heterocycles. The average Bonchev–Trinajstić information content (AvgIpc) is 3.12. The molecule has 0 N–H and O–H groups in total. The quantitative estimate of drug-likeness (QED) is 0.679. The highest BCUT2D eigenvalue weighted by Gasteiger charge is 2.12. The lowest BCUT2D eigenvalue weighted by atomic mass is 10.1. The molecule has 3 rings (SSSR count). The van der Waals surface area contributed by atoms with E-state index in [1.54, 1.807) is 13.1 Å². The van der Waals surface area contributed by atoms with Crippen LogP contribution in [0.1, 0.15) is 31.3 Å². The highest BCUT2D eigenvalue weighted by atomic mass is 16.5. The van der Waals surface area contributed by atoms with Crippen LogP contribution in [0.4, 0.5) is 0 Å². The Kier molecular flexibility index (Phi) is 4.14. The normalized spacial score (nSPS) is 11.3. The first-order valence-electron chi connectivity index (χ1n) is 7.75. The summed E-state index contributed by atoms with van der Waals surface area (Å²) in [7, 11) is 0. The molecule has 0 atom stereocenters. The molecule has 0 aliphatic rings. The van der Waals surface area contributed by atoms with Gasteiger partial charge in [-0.05, 0) is 25.0 Å². The fourth-order valence-electron chi connectivity index (χ4n) is 2.45. The van der Waals surface area contributed by atoms with E-state index in [-0.39, 0.29) is 0 Å². The minimum absolute atomic E-state index is 0.319. The Balaban J connectivity index is 1.90. The van der Waals surface area contributed by atoms with Crippen molar-refractivity contribution in [2.24, 2.45) is 5.92 Å². The first-order valence-corrected chi connectivity index (χ1v) is 7.75. The van der Waals surface area contributed by atoms with Gasteiger partial charge in [0.25, 0.3) is 0 Å². The van der Waals surface area contributed by atoms with Gasteiger partial charge < -0.3 is 9.14 Å². The monoisotopic (exact) mass is 312 g/mol. The number of hydrogen-bond acceptors (Lipinski definition) is 4. The second kappa shape index (κ2) is 6.24. The van der Waals surface area contributed by atoms with Gasteiger partial charge in [-0.2, -0.15) is 5.10 Å². The number of aromatic nitrogens is 4. The molecule has 3 heterocycles. The Bertz CT molecular complexity index is 832. The van der Waals surface area contributed by atoms with E-state index in [0.29, 0.717) is 23.9 Å². The van der Waals surface area contributed by atoms with Gasteiger partial charge in [0.2, 0.25) is 0 Å². The smallest absolute Gasteiger partial charge is 0.358 e. The van der Waals surface area contributed by atoms with Crippen LogP contribution in [-0.2, 0) is 11.3 Å². The van der Waals surface area contributed by atoms with E-state index < -0.39 is 5.97 Å². The number of nitrogens with zero attached hydrogens (tertiary/aromatic N) is 4. The topological polar surface area (TPSA) is 61.4 Å². The lowest BCUT2D eigenvalue weighted by Crippen LogP contribution is -2.04. The van der Waals surface area contributed by atoms with E-state index in [1.807, 2.05) is 39.8 Å². The van der Waals surface area contributed by atoms with Gasteiger partial charge in [-0.25, -0.2) is 9.78 Å². The zero-order valence-electron chi connectivity index (χ0n) is 13.6. The first kappa shape index (κ1) is 15.3. The molecule has 0 aromatic carbocycles. The average molecular weight is 312 g/mol. The largest absolute Gasteiger partial charge is 0.461 e. The molecule has 6 nitrogen and oxygen atoms in total. The second-order valence-corrected chi connectivity index (χ2v) is 5.87. The van der Waals surface area contributed by atoms with Crippen LogP contribution in [0.25, 0.3) is 16.8 Å². The van der Waals surface area contributed by atoms with Crippen LogP contribution in [0.5, 0.6) is 0 Å². The molecule has 23 heavy (non-hydrogen) atoms. The van der Waals surface area contributed by atoms with Crippen molar-refractivity contribution in [3.63, 3.8) is 0 Å². The lowest BCUT2D eigenvalue weighted by molar-refractivity contribution is 0.0520. The Morgan fingerprint density at radius 2 is 2.04 bits per heavy atom. The number of carbonyl (C=O) groups is 1. The zero-order valence-corrected chi connectivity index (χ0v) is 13.6. The van der Waals surface area contributed by atoms with Crippen LogP contribution in [0.3, 0.4) is 0 Å². The maximum absolute atomic E-state index is 11.8. The Morgan fingerprint density at radius 1 is 1.22 bits per heavy atom. The van der Waals surface area contributed by atoms with E-state index in [2.05, 4.69) is 23.9 Å². The molecule has 0 amide bonds. The number of rotatable bonds is 5. The number of fused-ring (bicyclic) bond motifs is 1. The summed E-state index contributed by atoms with van der Waals surface area (Å²) in [6.45, 7) is 7.33. The molecular formula is C17H20N4O2. The first-order chi connectivity index (χ1) is 11.1. The van der Waals surface area contributed by atoms with E-state index in [1.165, 1.54) is 0 Å². The SMILES string of the molecule is CCOC(=O)c1cn2cc(-c3cnn(CC(C)C)c3)ccc2n1. The summed E-state index contributed by atoms with van der Waals surface area (Å²) in [6.07, 6.45) is 7.52. The highest BCUT2D eigenvalue weighted by molar-refractivity contribution is 5.88. The summed E-state index contributed by atoms with van der Waals surface area (Å²) in [6, 6.07) is 3.87. The van der Waals surface area contributed by atoms with Crippen molar-refractivity contribution in [3.05, 3.63) is 42.6 Å². The molecule has 0 spiro atoms. The maximum atomic E-state index is 11.8. The molecule has 120 valence electrons. The molecule has 0 aliphatic heterocycles. The Morgan fingerprint density at radius 3 is 2.78 bits per heavy atom. The second-order valence-electron chi connectivity index (χ2n) is 5.87. The van der Waals surface area contributed by atoms with E-state index in [9.17, 15) is 4.79 Å². The van der Waals surface area contributed by atoms with Gasteiger partial charge in [-0.3, -0.25) is 4.68 Å². The third kappa shape index (κ3) is 3.26. The fraction of sp³-hybridized carbons (Fsp3) is 0.353. The van der Waals surface area contributed by atoms with E-state index in [0.717, 1.165) is 17.7 Å². The molecule has 0 unspecified atom stereocenters. The van der Waals surface area contributed by atoms with Crippen LogP contribution in [0, 0.1) is 5.92 Å². The third-order valence-corrected chi connectivity index (χ3v) is 3.45. The highest BCUT2D eigenvalue weighted by Crippen LogP contribution is 2.20. The van der Waals surface area contributed by atoms with Gasteiger partial charge in [-0.1, -0.05) is 13.8 Å². The lowest BCUT2D eigenvalue weighted by Gasteiger charge is -2.03. The predicted octanol–water partition coefficient (Wildman–Crippen LogP) is 3.03. The van der Waals surface area contributed by atoms with Crippen molar-refractivity contribution in [2.45, 2.75) is 27.3 Å². The summed E-state index contributed by atoms with van der Waals surface area (Å²) in [5.74, 6) is 0.147. The summed E-state index contributed by atoms with van der Waals surface area (Å²) in [4.78, 5) is 16.0. The summed E-state index contributed by atoms with van der Waals surface area (Å²) in [5, 5.41) is 4.39. The molecule has 0 bridgehead atoms. The Labute approximate surface area is 134 Å². The number of pyridine rings is 1. The van der Waals surface area contributed by atoms with E-state index in [4.69, 9.17) is 4.74 Å². The predicted molar refractivity (Wildman–Crippen MR) is 87.2 cm³/mol. The molecule has 3 aromatic rings. The maximum Gasteiger partial charge on any atom is 0.358 e. The molecule has 6 heteroatoms. The standard InChI is InChI=1S/C17H20N4O2/c1-4-23-17(22)15-11-20-9-13(5-6-16(20)19-15)14-7-18-21(10-14)8-12(2)3/h5-7,9-12H,4,8H2,1-3H3. The number of ether oxygens (including phenoxy) is 1. The molecular weight excluding hydrogens is 292 g/mol. The zero-order chi connectivity index (χ0) is 16.4. The number of esters is 1. The van der Waals surface area contributed by atoms with Crippen molar-refractivity contribution < 1.29 is 9.53 Å². The summed E-state index contributed by atoms with van der Waals surface area (Å²) < 4.78 is 8.77. The molecule has 0 saturated heterocycles. The van der Waals surface area contributed by atoms with Gasteiger partial charge in [0.15, 0.2) is 5.69 Å². The molecule has 0 aliphatic carbocycles. The van der Waals surface area contributed by atoms with Gasteiger partial charge >= 0.3 is 5.97 Å². The summed E-state index contributed by atoms with van der Waals surface area (Å²) in [5.41, 5.74) is 3.10. The van der Waals surface area contributed by atoms with Crippen LogP contribution >= 0.6 is 0 Å². The third-order valence-electron chi connectivity index (χ3n) is 3.45. The van der Waals surface area contributed by atoms with Gasteiger partial charge in [0.1, 0.15) is 5.65 Å². The van der Waals surface area contributed by atoms with Crippen molar-refractivity contribution in [1.82, 2.24) is 19.2 Å². The van der Waals surface area contributed by atoms with Crippen molar-refractivity contribution in [1.29, 1.82) is 0 Å². The minimum atomic E-state index is -0.400. The van der Waals surface area contributed by atoms with Crippen LogP contribution in [0.2, 0.25) is 0 Å². The fourth-order valence-corrected chi connectivity index (χ4v) is 2.45. The van der Waals surface area contributed by atoms with Gasteiger partial charge in [0.05, 0.1) is 12.8 Å². The Hall–Kier alpha value is -2.63. The van der Waals surface area contributed by atoms with Crippen molar-refractivity contribution >= 4 is 11.6 Å². The van der Waals surface area contributed by atoms with Gasteiger partial charge in [0, 0.05) is 36.3 Å². The van der Waals surface area contributed by atoms with Crippen molar-refractivity contribution in [2.75, 3.05) is 6.61 Å². The van der Waals surface area contributed by atoms with Crippen LogP contribution in [-0.4, -0.2) is 31.7 Å². The molecule has 0 fully saturated rings. The number of hydrogen-bond donors (Lipinski definition) is 0. The van der Waals surface area contributed by atoms with Crippen molar-refractivity contribution in [3.8, 4) is 11.1 Å². The molecule has 0 radical (unpaired) electrons. The molecule has 0 saturated carbocycles. The number of imidazole rings is 1. The van der Waals surface area contributed by atoms with Crippen LogP contribution in [0.15, 0.2) is 36.9 Å². The minimum Gasteiger partial charge on any atom is -0.461 e. The summed E-state index contributed by atoms with van der Waals surface area (Å²) >= 11 is 0. The van der Waals surface area contributed by atoms with E-state index >= 15 is 0 Å². The van der Waals surface area contributed by atoms with Gasteiger partial charge in [-0.15, -0.1) is 0 Å². The number of carbonyl (C=O) groups excluding carboxylic acids is 1.